The number of carbonyl (C=O) groups excluding carboxylic acids is 1. The van der Waals surface area contributed by atoms with Crippen molar-refractivity contribution in [1.29, 1.82) is 0 Å². The highest BCUT2D eigenvalue weighted by Gasteiger charge is 2.29. The summed E-state index contributed by atoms with van der Waals surface area (Å²) in [5, 5.41) is 0. The van der Waals surface area contributed by atoms with Gasteiger partial charge in [-0.2, -0.15) is 4.31 Å². The van der Waals surface area contributed by atoms with Crippen LogP contribution in [0.5, 0.6) is 0 Å². The van der Waals surface area contributed by atoms with Crippen molar-refractivity contribution in [2.45, 2.75) is 23.6 Å². The minimum absolute atomic E-state index is 0.0490. The minimum Gasteiger partial charge on any atom is -0.339 e. The largest absolute Gasteiger partial charge is 0.339 e. The van der Waals surface area contributed by atoms with E-state index in [0.29, 0.717) is 36.8 Å². The number of nitrogens with zero attached hydrogens (tertiary/aromatic N) is 2. The number of hydrogen-bond donors (Lipinski definition) is 0. The molecule has 1 fully saturated rings. The summed E-state index contributed by atoms with van der Waals surface area (Å²) in [6.45, 7) is 5.48. The Balaban J connectivity index is 1.54. The molecule has 0 atom stereocenters. The van der Waals surface area contributed by atoms with Crippen LogP contribution in [-0.2, 0) is 14.8 Å². The predicted octanol–water partition coefficient (Wildman–Crippen LogP) is 2.93. The van der Waals surface area contributed by atoms with Gasteiger partial charge in [-0.25, -0.2) is 8.42 Å². The molecular formula is C20H24N2O3S2. The van der Waals surface area contributed by atoms with Gasteiger partial charge in [0.05, 0.1) is 10.6 Å². The number of sulfonamides is 1. The number of rotatable bonds is 5. The summed E-state index contributed by atoms with van der Waals surface area (Å²) >= 11 is 1.51. The molecule has 0 spiro atoms. The van der Waals surface area contributed by atoms with E-state index in [4.69, 9.17) is 0 Å². The molecule has 0 N–H and O–H groups in total. The van der Waals surface area contributed by atoms with E-state index in [9.17, 15) is 13.2 Å². The SMILES string of the molecule is Cc1ccc(SCC(=O)N2CCN(S(=O)(=O)c3ccc(C)cc3)CC2)cc1. The van der Waals surface area contributed by atoms with E-state index >= 15 is 0 Å². The van der Waals surface area contributed by atoms with Crippen LogP contribution in [0.3, 0.4) is 0 Å². The molecule has 1 aliphatic rings. The molecule has 5 nitrogen and oxygen atoms in total. The van der Waals surface area contributed by atoms with Gasteiger partial charge < -0.3 is 4.90 Å². The van der Waals surface area contributed by atoms with Crippen molar-refractivity contribution in [3.8, 4) is 0 Å². The van der Waals surface area contributed by atoms with Crippen LogP contribution >= 0.6 is 11.8 Å². The van der Waals surface area contributed by atoms with Crippen LogP contribution in [0.1, 0.15) is 11.1 Å². The molecule has 2 aromatic rings. The molecule has 0 aromatic heterocycles. The Morgan fingerprint density at radius 3 is 1.96 bits per heavy atom. The number of thioether (sulfide) groups is 1. The fraction of sp³-hybridized carbons (Fsp3) is 0.350. The molecule has 2 aromatic carbocycles. The maximum atomic E-state index is 12.7. The van der Waals surface area contributed by atoms with Crippen molar-refractivity contribution < 1.29 is 13.2 Å². The van der Waals surface area contributed by atoms with Crippen molar-refractivity contribution >= 4 is 27.7 Å². The minimum atomic E-state index is -3.50. The van der Waals surface area contributed by atoms with Gasteiger partial charge in [0.25, 0.3) is 0 Å². The van der Waals surface area contributed by atoms with Crippen LogP contribution in [0, 0.1) is 13.8 Å². The first-order valence-electron chi connectivity index (χ1n) is 8.90. The average Bonchev–Trinajstić information content (AvgIpc) is 2.68. The normalized spacial score (nSPS) is 15.7. The molecule has 0 unspecified atom stereocenters. The number of carbonyl (C=O) groups is 1. The molecule has 1 aliphatic heterocycles. The fourth-order valence-electron chi connectivity index (χ4n) is 2.91. The van der Waals surface area contributed by atoms with Crippen molar-refractivity contribution in [3.63, 3.8) is 0 Å². The third kappa shape index (κ3) is 4.91. The van der Waals surface area contributed by atoms with Crippen molar-refractivity contribution in [2.75, 3.05) is 31.9 Å². The van der Waals surface area contributed by atoms with E-state index in [1.54, 1.807) is 29.2 Å². The molecule has 144 valence electrons. The monoisotopic (exact) mass is 404 g/mol. The van der Waals surface area contributed by atoms with Crippen molar-refractivity contribution in [3.05, 3.63) is 59.7 Å². The van der Waals surface area contributed by atoms with Gasteiger partial charge in [0.2, 0.25) is 15.9 Å². The van der Waals surface area contributed by atoms with E-state index in [0.717, 1.165) is 10.5 Å². The van der Waals surface area contributed by atoms with Gasteiger partial charge in [-0.05, 0) is 38.1 Å². The molecule has 1 amide bonds. The lowest BCUT2D eigenvalue weighted by atomic mass is 10.2. The zero-order chi connectivity index (χ0) is 19.4. The topological polar surface area (TPSA) is 57.7 Å². The summed E-state index contributed by atoms with van der Waals surface area (Å²) in [5.41, 5.74) is 2.21. The highest BCUT2D eigenvalue weighted by molar-refractivity contribution is 8.00. The Morgan fingerprint density at radius 2 is 1.41 bits per heavy atom. The molecule has 1 saturated heterocycles. The van der Waals surface area contributed by atoms with E-state index in [1.807, 2.05) is 38.1 Å². The van der Waals surface area contributed by atoms with E-state index in [1.165, 1.54) is 21.6 Å². The third-order valence-electron chi connectivity index (χ3n) is 4.63. The molecule has 1 heterocycles. The highest BCUT2D eigenvalue weighted by Crippen LogP contribution is 2.21. The van der Waals surface area contributed by atoms with Crippen LogP contribution < -0.4 is 0 Å². The molecule has 7 heteroatoms. The number of amides is 1. The van der Waals surface area contributed by atoms with Gasteiger partial charge >= 0.3 is 0 Å². The van der Waals surface area contributed by atoms with Gasteiger partial charge in [0.15, 0.2) is 0 Å². The lowest BCUT2D eigenvalue weighted by Crippen LogP contribution is -2.50. The predicted molar refractivity (Wildman–Crippen MR) is 108 cm³/mol. The lowest BCUT2D eigenvalue weighted by Gasteiger charge is -2.34. The zero-order valence-corrected chi connectivity index (χ0v) is 17.2. The Labute approximate surface area is 165 Å². The lowest BCUT2D eigenvalue weighted by molar-refractivity contribution is -0.129. The first kappa shape index (κ1) is 19.9. The molecule has 27 heavy (non-hydrogen) atoms. The Kier molecular flexibility index (Phi) is 6.24. The van der Waals surface area contributed by atoms with E-state index < -0.39 is 10.0 Å². The van der Waals surface area contributed by atoms with Crippen LogP contribution in [0.4, 0.5) is 0 Å². The molecule has 0 saturated carbocycles. The van der Waals surface area contributed by atoms with E-state index in [2.05, 4.69) is 0 Å². The molecule has 0 radical (unpaired) electrons. The molecular weight excluding hydrogens is 380 g/mol. The second-order valence-corrected chi connectivity index (χ2v) is 9.69. The van der Waals surface area contributed by atoms with Gasteiger partial charge in [-0.15, -0.1) is 11.8 Å². The summed E-state index contributed by atoms with van der Waals surface area (Å²) in [6.07, 6.45) is 0. The second kappa shape index (κ2) is 8.46. The molecule has 0 aliphatic carbocycles. The number of aryl methyl sites for hydroxylation is 2. The Bertz CT molecular complexity index is 886. The molecule has 3 rings (SSSR count). The third-order valence-corrected chi connectivity index (χ3v) is 7.54. The summed E-state index contributed by atoms with van der Waals surface area (Å²) < 4.78 is 26.9. The second-order valence-electron chi connectivity index (χ2n) is 6.70. The van der Waals surface area contributed by atoms with Gasteiger partial charge in [0, 0.05) is 31.1 Å². The van der Waals surface area contributed by atoms with E-state index in [-0.39, 0.29) is 5.91 Å². The standard InChI is InChI=1S/C20H24N2O3S2/c1-16-3-7-18(8-4-16)26-15-20(23)21-11-13-22(14-12-21)27(24,25)19-9-5-17(2)6-10-19/h3-10H,11-15H2,1-2H3. The van der Waals surface area contributed by atoms with Gasteiger partial charge in [-0.1, -0.05) is 35.4 Å². The number of piperazine rings is 1. The quantitative estimate of drug-likeness (QED) is 0.719. The highest BCUT2D eigenvalue weighted by atomic mass is 32.2. The summed E-state index contributed by atoms with van der Waals surface area (Å²) in [7, 11) is -3.50. The first-order valence-corrected chi connectivity index (χ1v) is 11.3. The average molecular weight is 405 g/mol. The van der Waals surface area contributed by atoms with Crippen molar-refractivity contribution in [2.24, 2.45) is 0 Å². The summed E-state index contributed by atoms with van der Waals surface area (Å²) in [6, 6.07) is 15.0. The van der Waals surface area contributed by atoms with Crippen LogP contribution in [0.2, 0.25) is 0 Å². The van der Waals surface area contributed by atoms with Gasteiger partial charge in [-0.3, -0.25) is 4.79 Å². The Morgan fingerprint density at radius 1 is 0.889 bits per heavy atom. The van der Waals surface area contributed by atoms with Crippen LogP contribution in [0.15, 0.2) is 58.3 Å². The fourth-order valence-corrected chi connectivity index (χ4v) is 5.13. The first-order chi connectivity index (χ1) is 12.9. The maximum absolute atomic E-state index is 12.7. The van der Waals surface area contributed by atoms with Gasteiger partial charge in [0.1, 0.15) is 0 Å². The summed E-state index contributed by atoms with van der Waals surface area (Å²) in [5.74, 6) is 0.418. The van der Waals surface area contributed by atoms with Crippen molar-refractivity contribution in [1.82, 2.24) is 9.21 Å². The number of hydrogen-bond acceptors (Lipinski definition) is 4. The Hall–Kier alpha value is -1.83. The van der Waals surface area contributed by atoms with Crippen LogP contribution in [-0.4, -0.2) is 55.5 Å². The van der Waals surface area contributed by atoms with Crippen LogP contribution in [0.25, 0.3) is 0 Å². The maximum Gasteiger partial charge on any atom is 0.243 e. The molecule has 0 bridgehead atoms. The summed E-state index contributed by atoms with van der Waals surface area (Å²) in [4.78, 5) is 15.6. The number of benzene rings is 2. The smallest absolute Gasteiger partial charge is 0.243 e. The zero-order valence-electron chi connectivity index (χ0n) is 15.6.